The smallest absolute Gasteiger partial charge is 0.170 e. The average molecular weight is 334 g/mol. The Morgan fingerprint density at radius 3 is 2.50 bits per heavy atom. The molecule has 0 heterocycles. The van der Waals surface area contributed by atoms with Gasteiger partial charge >= 0.3 is 0 Å². The minimum Gasteiger partial charge on any atom is -0.361 e. The number of hydrogen-bond acceptors (Lipinski definition) is 2. The molecule has 0 aromatic heterocycles. The summed E-state index contributed by atoms with van der Waals surface area (Å²) < 4.78 is 0. The molecular weight excluding hydrogens is 314 g/mol. The first kappa shape index (κ1) is 16.7. The summed E-state index contributed by atoms with van der Waals surface area (Å²) in [6, 6.07) is 18.1. The van der Waals surface area contributed by atoms with Crippen LogP contribution >= 0.6 is 23.8 Å². The first-order valence-corrected chi connectivity index (χ1v) is 7.86. The van der Waals surface area contributed by atoms with E-state index < -0.39 is 0 Å². The molecule has 0 aliphatic carbocycles. The van der Waals surface area contributed by atoms with Crippen molar-refractivity contribution >= 4 is 34.6 Å². The molecule has 3 nitrogen and oxygen atoms in total. The van der Waals surface area contributed by atoms with Crippen molar-refractivity contribution in [3.8, 4) is 0 Å². The van der Waals surface area contributed by atoms with Gasteiger partial charge < -0.3 is 15.5 Å². The first-order valence-electron chi connectivity index (χ1n) is 7.08. The molecule has 116 valence electrons. The second kappa shape index (κ2) is 8.13. The summed E-state index contributed by atoms with van der Waals surface area (Å²) in [5.74, 6) is 0. The number of benzene rings is 2. The van der Waals surface area contributed by atoms with Crippen LogP contribution in [0.1, 0.15) is 11.6 Å². The second-order valence-corrected chi connectivity index (χ2v) is 6.08. The van der Waals surface area contributed by atoms with Crippen molar-refractivity contribution in [2.24, 2.45) is 0 Å². The summed E-state index contributed by atoms with van der Waals surface area (Å²) >= 11 is 11.3. The van der Waals surface area contributed by atoms with Crippen molar-refractivity contribution in [2.45, 2.75) is 6.04 Å². The maximum atomic E-state index is 5.97. The van der Waals surface area contributed by atoms with E-state index in [9.17, 15) is 0 Å². The predicted molar refractivity (Wildman–Crippen MR) is 98.5 cm³/mol. The fourth-order valence-corrected chi connectivity index (χ4v) is 2.60. The van der Waals surface area contributed by atoms with Crippen molar-refractivity contribution < 1.29 is 0 Å². The van der Waals surface area contributed by atoms with Crippen LogP contribution in [0.2, 0.25) is 5.02 Å². The number of likely N-dealkylation sites (N-methyl/N-ethyl adjacent to an activating group) is 1. The third kappa shape index (κ3) is 4.98. The Morgan fingerprint density at radius 2 is 1.86 bits per heavy atom. The number of halogens is 1. The van der Waals surface area contributed by atoms with Crippen LogP contribution in [-0.2, 0) is 0 Å². The van der Waals surface area contributed by atoms with E-state index >= 15 is 0 Å². The first-order chi connectivity index (χ1) is 10.6. The number of thiocarbonyl (C=S) groups is 1. The molecule has 2 N–H and O–H groups in total. The molecule has 0 aliphatic rings. The molecule has 5 heteroatoms. The van der Waals surface area contributed by atoms with E-state index in [1.165, 1.54) is 5.56 Å². The second-order valence-electron chi connectivity index (χ2n) is 5.24. The Hall–Kier alpha value is -1.62. The fourth-order valence-electron chi connectivity index (χ4n) is 2.20. The largest absolute Gasteiger partial charge is 0.361 e. The SMILES string of the molecule is CN(C)[C@H](CNC(=S)Nc1cccc(Cl)c1)c1ccccc1. The summed E-state index contributed by atoms with van der Waals surface area (Å²) in [4.78, 5) is 2.17. The van der Waals surface area contributed by atoms with Crippen LogP contribution in [0, 0.1) is 0 Å². The fraction of sp³-hybridized carbons (Fsp3) is 0.235. The van der Waals surface area contributed by atoms with E-state index in [0.29, 0.717) is 10.1 Å². The molecule has 0 saturated heterocycles. The van der Waals surface area contributed by atoms with Crippen LogP contribution in [0.15, 0.2) is 54.6 Å². The molecule has 0 fully saturated rings. The molecule has 2 rings (SSSR count). The highest BCUT2D eigenvalue weighted by atomic mass is 35.5. The van der Waals surface area contributed by atoms with Gasteiger partial charge in [-0.15, -0.1) is 0 Å². The molecule has 0 saturated carbocycles. The lowest BCUT2D eigenvalue weighted by atomic mass is 10.1. The van der Waals surface area contributed by atoms with Gasteiger partial charge in [-0.25, -0.2) is 0 Å². The van der Waals surface area contributed by atoms with Gasteiger partial charge in [0.15, 0.2) is 5.11 Å². The molecule has 0 radical (unpaired) electrons. The van der Waals surface area contributed by atoms with Crippen molar-refractivity contribution in [1.29, 1.82) is 0 Å². The Labute approximate surface area is 142 Å². The molecule has 0 spiro atoms. The maximum Gasteiger partial charge on any atom is 0.170 e. The van der Waals surface area contributed by atoms with E-state index in [0.717, 1.165) is 12.2 Å². The normalized spacial score (nSPS) is 12.0. The topological polar surface area (TPSA) is 27.3 Å². The van der Waals surface area contributed by atoms with Crippen LogP contribution in [0.5, 0.6) is 0 Å². The van der Waals surface area contributed by atoms with E-state index in [4.69, 9.17) is 23.8 Å². The Balaban J connectivity index is 1.94. The Bertz CT molecular complexity index is 616. The zero-order valence-electron chi connectivity index (χ0n) is 12.7. The molecule has 0 bridgehead atoms. The average Bonchev–Trinajstić information content (AvgIpc) is 2.48. The van der Waals surface area contributed by atoms with Gasteiger partial charge in [-0.1, -0.05) is 48.0 Å². The molecule has 0 amide bonds. The van der Waals surface area contributed by atoms with Gasteiger partial charge in [0.25, 0.3) is 0 Å². The molecule has 2 aromatic rings. The van der Waals surface area contributed by atoms with Crippen molar-refractivity contribution in [3.63, 3.8) is 0 Å². The van der Waals surface area contributed by atoms with Gasteiger partial charge in [-0.3, -0.25) is 0 Å². The summed E-state index contributed by atoms with van der Waals surface area (Å²) in [5.41, 5.74) is 2.14. The van der Waals surface area contributed by atoms with Crippen molar-refractivity contribution in [1.82, 2.24) is 10.2 Å². The minimum atomic E-state index is 0.250. The molecule has 2 aromatic carbocycles. The molecular formula is C17H20ClN3S. The summed E-state index contributed by atoms with van der Waals surface area (Å²) in [7, 11) is 4.12. The number of nitrogens with zero attached hydrogens (tertiary/aromatic N) is 1. The van der Waals surface area contributed by atoms with Gasteiger partial charge in [0.05, 0.1) is 6.04 Å². The zero-order valence-corrected chi connectivity index (χ0v) is 14.3. The Kier molecular flexibility index (Phi) is 6.19. The van der Waals surface area contributed by atoms with Gasteiger partial charge in [0.2, 0.25) is 0 Å². The van der Waals surface area contributed by atoms with Gasteiger partial charge in [-0.2, -0.15) is 0 Å². The van der Waals surface area contributed by atoms with Gasteiger partial charge in [0.1, 0.15) is 0 Å². The van der Waals surface area contributed by atoms with Crippen molar-refractivity contribution in [2.75, 3.05) is 26.0 Å². The molecule has 0 unspecified atom stereocenters. The van der Waals surface area contributed by atoms with E-state index in [1.807, 2.05) is 42.5 Å². The Morgan fingerprint density at radius 1 is 1.14 bits per heavy atom. The zero-order chi connectivity index (χ0) is 15.9. The van der Waals surface area contributed by atoms with Gasteiger partial charge in [-0.05, 0) is 50.1 Å². The summed E-state index contributed by atoms with van der Waals surface area (Å²) in [5, 5.41) is 7.68. The third-order valence-electron chi connectivity index (χ3n) is 3.35. The standard InChI is InChI=1S/C17H20ClN3S/c1-21(2)16(13-7-4-3-5-8-13)12-19-17(22)20-15-10-6-9-14(18)11-15/h3-11,16H,12H2,1-2H3,(H2,19,20,22)/t16-/m1/s1. The lowest BCUT2D eigenvalue weighted by molar-refractivity contribution is 0.299. The minimum absolute atomic E-state index is 0.250. The van der Waals surface area contributed by atoms with Crippen LogP contribution in [0.25, 0.3) is 0 Å². The lowest BCUT2D eigenvalue weighted by Crippen LogP contribution is -2.36. The monoisotopic (exact) mass is 333 g/mol. The highest BCUT2D eigenvalue weighted by Gasteiger charge is 2.13. The molecule has 0 aliphatic heterocycles. The number of anilines is 1. The summed E-state index contributed by atoms with van der Waals surface area (Å²) in [6.45, 7) is 0.726. The summed E-state index contributed by atoms with van der Waals surface area (Å²) in [6.07, 6.45) is 0. The van der Waals surface area contributed by atoms with Crippen LogP contribution in [0.3, 0.4) is 0 Å². The quantitative estimate of drug-likeness (QED) is 0.811. The molecule has 1 atom stereocenters. The van der Waals surface area contributed by atoms with Crippen molar-refractivity contribution in [3.05, 3.63) is 65.2 Å². The number of hydrogen-bond donors (Lipinski definition) is 2. The highest BCUT2D eigenvalue weighted by molar-refractivity contribution is 7.80. The van der Waals surface area contributed by atoms with Crippen LogP contribution < -0.4 is 10.6 Å². The van der Waals surface area contributed by atoms with Crippen LogP contribution in [-0.4, -0.2) is 30.7 Å². The van der Waals surface area contributed by atoms with E-state index in [1.54, 1.807) is 0 Å². The van der Waals surface area contributed by atoms with Crippen LogP contribution in [0.4, 0.5) is 5.69 Å². The highest BCUT2D eigenvalue weighted by Crippen LogP contribution is 2.17. The maximum absolute atomic E-state index is 5.97. The molecule has 22 heavy (non-hydrogen) atoms. The number of nitrogens with one attached hydrogen (secondary N) is 2. The van der Waals surface area contributed by atoms with E-state index in [-0.39, 0.29) is 6.04 Å². The van der Waals surface area contributed by atoms with E-state index in [2.05, 4.69) is 41.8 Å². The van der Waals surface area contributed by atoms with Gasteiger partial charge in [0, 0.05) is 17.3 Å². The lowest BCUT2D eigenvalue weighted by Gasteiger charge is -2.25. The third-order valence-corrected chi connectivity index (χ3v) is 3.83. The predicted octanol–water partition coefficient (Wildman–Crippen LogP) is 3.93. The number of rotatable bonds is 5.